The van der Waals surface area contributed by atoms with Crippen LogP contribution in [0.1, 0.15) is 22.7 Å². The number of benzene rings is 3. The smallest absolute Gasteiger partial charge is 0.270 e. The molecule has 0 saturated carbocycles. The Bertz CT molecular complexity index is 2750. The molecule has 0 spiro atoms. The molecule has 0 fully saturated rings. The van der Waals surface area contributed by atoms with Gasteiger partial charge >= 0.3 is 0 Å². The zero-order valence-corrected chi connectivity index (χ0v) is 38.2. The highest BCUT2D eigenvalue weighted by Crippen LogP contribution is 2.37. The molecule has 390 valence electrons. The Morgan fingerprint density at radius 2 is 0.959 bits per heavy atom. The molecule has 1 aliphatic rings. The van der Waals surface area contributed by atoms with Crippen molar-refractivity contribution in [3.63, 3.8) is 0 Å². The van der Waals surface area contributed by atoms with Gasteiger partial charge in [0.2, 0.25) is 42.7 Å². The molecule has 0 heterocycles. The Hall–Kier alpha value is -9.86. The monoisotopic (exact) mass is 1020 g/mol. The van der Waals surface area contributed by atoms with Gasteiger partial charge < -0.3 is 110 Å². The summed E-state index contributed by atoms with van der Waals surface area (Å²) in [5.74, 6) is -9.11. The number of hydrogen-bond donors (Lipinski definition) is 21. The van der Waals surface area contributed by atoms with Gasteiger partial charge in [-0.05, 0) is 40.0 Å². The minimum atomic E-state index is -2.35. The van der Waals surface area contributed by atoms with Crippen LogP contribution in [0.25, 0.3) is 16.5 Å². The topological polar surface area (TPSA) is 609 Å². The van der Waals surface area contributed by atoms with E-state index in [4.69, 9.17) is 63.2 Å². The number of carbonyl (C=O) groups is 8. The van der Waals surface area contributed by atoms with Crippen LogP contribution in [-0.2, 0) is 44.8 Å². The van der Waals surface area contributed by atoms with Crippen LogP contribution in [0, 0.1) is 5.92 Å². The van der Waals surface area contributed by atoms with Crippen molar-refractivity contribution in [3.8, 4) is 0 Å². The first kappa shape index (κ1) is 55.7. The van der Waals surface area contributed by atoms with Gasteiger partial charge in [-0.15, -0.1) is 0 Å². The second kappa shape index (κ2) is 25.1. The molecule has 33 heteroatoms. The fourth-order valence-electron chi connectivity index (χ4n) is 6.80. The van der Waals surface area contributed by atoms with E-state index in [1.807, 2.05) is 57.7 Å². The number of rotatable bonds is 23. The minimum Gasteiger partial charge on any atom is -0.395 e. The fraction of sp³-hybridized carbons (Fsp3) is 0.250. The van der Waals surface area contributed by atoms with Gasteiger partial charge in [0.1, 0.15) is 6.04 Å². The number of nitrogens with zero attached hydrogens (tertiary/aromatic N) is 4. The number of amides is 8. The van der Waals surface area contributed by atoms with Gasteiger partial charge in [-0.2, -0.15) is 0 Å². The summed E-state index contributed by atoms with van der Waals surface area (Å²) in [6.07, 6.45) is -12.6. The number of hydrogen-bond acceptors (Lipinski definition) is 17. The molecule has 3 aromatic rings. The molecule has 0 saturated heterocycles. The van der Waals surface area contributed by atoms with Crippen LogP contribution in [0.5, 0.6) is 0 Å². The number of hydrazine groups is 1. The quantitative estimate of drug-likeness (QED) is 0.0138. The zero-order chi connectivity index (χ0) is 54.3. The van der Waals surface area contributed by atoms with Crippen LogP contribution in [0.2, 0.25) is 0 Å². The van der Waals surface area contributed by atoms with Gasteiger partial charge in [-0.1, -0.05) is 60.7 Å². The average molecular weight is 1020 g/mol. The molecule has 0 radical (unpaired) electrons. The molecule has 4 rings (SSSR count). The first-order valence-corrected chi connectivity index (χ1v) is 21.0. The number of aliphatic hydroxyl groups excluding tert-OH is 2. The van der Waals surface area contributed by atoms with Gasteiger partial charge in [0.25, 0.3) is 35.4 Å². The molecule has 8 amide bonds. The highest BCUT2D eigenvalue weighted by Gasteiger charge is 2.36. The second-order valence-electron chi connectivity index (χ2n) is 15.3. The van der Waals surface area contributed by atoms with Gasteiger partial charge in [0, 0.05) is 5.56 Å². The molecule has 3 aromatic carbocycles. The Morgan fingerprint density at radius 1 is 0.534 bits per heavy atom. The zero-order valence-electron chi connectivity index (χ0n) is 38.2. The Morgan fingerprint density at radius 3 is 1.38 bits per heavy atom. The summed E-state index contributed by atoms with van der Waals surface area (Å²) in [6, 6.07) is 16.7. The molecular formula is C40H55N23O10. The first-order valence-electron chi connectivity index (χ1n) is 21.0. The summed E-state index contributed by atoms with van der Waals surface area (Å²) in [5, 5.41) is 37.6. The largest absolute Gasteiger partial charge is 0.395 e. The van der Waals surface area contributed by atoms with Crippen molar-refractivity contribution in [2.75, 3.05) is 6.61 Å². The molecule has 73 heavy (non-hydrogen) atoms. The van der Waals surface area contributed by atoms with Gasteiger partial charge in [0.15, 0.2) is 30.0 Å². The lowest BCUT2D eigenvalue weighted by molar-refractivity contribution is -0.140. The highest BCUT2D eigenvalue weighted by molar-refractivity contribution is 6.00. The summed E-state index contributed by atoms with van der Waals surface area (Å²) in [5.41, 5.74) is 59.0. The van der Waals surface area contributed by atoms with Crippen LogP contribution in [0.3, 0.4) is 0 Å². The number of guanidine groups is 4. The van der Waals surface area contributed by atoms with Crippen molar-refractivity contribution < 1.29 is 48.6 Å². The maximum atomic E-state index is 14.0. The normalized spacial score (nSPS) is 14.7. The summed E-state index contributed by atoms with van der Waals surface area (Å²) >= 11 is 0. The van der Waals surface area contributed by atoms with Crippen LogP contribution in [-0.4, -0.2) is 125 Å². The number of carbonyl (C=O) groups excluding carboxylic acids is 8. The molecular weight excluding hydrogens is 963 g/mol. The number of fused-ring (bicyclic) bond motifs is 2. The second-order valence-corrected chi connectivity index (χ2v) is 15.3. The summed E-state index contributed by atoms with van der Waals surface area (Å²) < 4.78 is 0. The van der Waals surface area contributed by atoms with E-state index in [0.29, 0.717) is 16.8 Å². The Balaban J connectivity index is 1.54. The summed E-state index contributed by atoms with van der Waals surface area (Å²) in [4.78, 5) is 120. The molecule has 1 aliphatic carbocycles. The fourth-order valence-corrected chi connectivity index (χ4v) is 6.80. The number of nitrogens with two attached hydrogens (primary N) is 11. The predicted octanol–water partition coefficient (Wildman–Crippen LogP) is -10.8. The van der Waals surface area contributed by atoms with Crippen molar-refractivity contribution in [1.29, 1.82) is 0 Å². The third-order valence-corrected chi connectivity index (χ3v) is 10.0. The van der Waals surface area contributed by atoms with E-state index in [0.717, 1.165) is 16.3 Å². The van der Waals surface area contributed by atoms with Gasteiger partial charge in [-0.3, -0.25) is 44.2 Å². The lowest BCUT2D eigenvalue weighted by atomic mass is 9.96. The maximum Gasteiger partial charge on any atom is 0.270 e. The summed E-state index contributed by atoms with van der Waals surface area (Å²) in [6.45, 7) is -0.771. The van der Waals surface area contributed by atoms with Crippen molar-refractivity contribution in [3.05, 3.63) is 89.0 Å². The van der Waals surface area contributed by atoms with Crippen molar-refractivity contribution in [2.24, 2.45) is 89.1 Å². The Kier molecular flexibility index (Phi) is 19.2. The number of nitrogens with one attached hydrogen (secondary N) is 8. The van der Waals surface area contributed by atoms with E-state index in [9.17, 15) is 48.6 Å². The molecule has 0 aromatic heterocycles. The minimum absolute atomic E-state index is 0.0426. The lowest BCUT2D eigenvalue weighted by Gasteiger charge is -2.25. The van der Waals surface area contributed by atoms with E-state index in [1.54, 1.807) is 6.07 Å². The van der Waals surface area contributed by atoms with Crippen LogP contribution < -0.4 is 106 Å². The van der Waals surface area contributed by atoms with E-state index < -0.39 is 127 Å². The van der Waals surface area contributed by atoms with Crippen molar-refractivity contribution in [1.82, 2.24) is 42.6 Å². The third-order valence-electron chi connectivity index (χ3n) is 10.0. The van der Waals surface area contributed by atoms with Crippen molar-refractivity contribution in [2.45, 2.75) is 49.5 Å². The van der Waals surface area contributed by atoms with E-state index in [-0.39, 0.29) is 12.0 Å². The molecule has 33 nitrogen and oxygen atoms in total. The number of aliphatic imine (C=N–C) groups is 4. The molecule has 32 N–H and O–H groups in total. The maximum absolute atomic E-state index is 14.0. The number of aliphatic hydroxyl groups is 2. The first-order chi connectivity index (χ1) is 34.4. The van der Waals surface area contributed by atoms with E-state index in [2.05, 4.69) is 41.3 Å². The summed E-state index contributed by atoms with van der Waals surface area (Å²) in [7, 11) is 0. The Labute approximate surface area is 412 Å². The van der Waals surface area contributed by atoms with Crippen LogP contribution in [0.15, 0.2) is 92.3 Å². The number of primary amides is 1. The molecule has 0 aliphatic heterocycles. The molecule has 8 unspecified atom stereocenters. The van der Waals surface area contributed by atoms with E-state index in [1.165, 1.54) is 24.3 Å². The standard InChI is InChI=1S/C40H55N23O10/c41-23(24(42)65)53-31(68)25(58-37(43)44)55-33(70)27(60-39(47)48)57-34(71)28(61-40(49)50)56-32(69)26(59-38(45)46)54-30(67)21(14-6-2-1-3-7-14)52-35(72)36(73)62-29(66)20(13-64)19-12-17-10-15-8-4-5-9-16(15)11-18(17)22(19)63-51/h1-11,20-21,23,25-28,36,63-64,73H,12-13,41,51H2,(H2,42,65)(H,52,72)(H,53,68)(H,54,67)(H,55,70)(H,56,69)(H,57,71)(H,62,66)(H4,43,44,58)(H4,45,46,59)(H4,47,48,60)(H4,49,50,61). The van der Waals surface area contributed by atoms with E-state index >= 15 is 0 Å². The van der Waals surface area contributed by atoms with Crippen molar-refractivity contribution >= 4 is 87.6 Å². The van der Waals surface area contributed by atoms with Crippen LogP contribution in [0.4, 0.5) is 0 Å². The SMILES string of the molecule is NNC1=C(C(CO)C(=O)NC(O)C(=O)NC(C(=O)NC(N=C(N)N)C(=O)NC(N=C(N)N)C(=O)NC(N=C(N)N)C(=O)NC(N=C(N)N)C(=O)NC(N)C(N)=O)c2ccccc2)Cc2cc3ccccc3cc21. The predicted molar refractivity (Wildman–Crippen MR) is 260 cm³/mol. The molecule has 0 bridgehead atoms. The van der Waals surface area contributed by atoms with Gasteiger partial charge in [0.05, 0.1) is 18.2 Å². The third kappa shape index (κ3) is 15.3. The highest BCUT2D eigenvalue weighted by atomic mass is 16.3. The lowest BCUT2D eigenvalue weighted by Crippen LogP contribution is -2.60. The van der Waals surface area contributed by atoms with Gasteiger partial charge in [-0.25, -0.2) is 20.0 Å². The average Bonchev–Trinajstić information content (AvgIpc) is 3.67. The van der Waals surface area contributed by atoms with Crippen LogP contribution >= 0.6 is 0 Å². The molecule has 8 atom stereocenters.